The third kappa shape index (κ3) is 3.17. The Morgan fingerprint density at radius 3 is 2.76 bits per heavy atom. The SMILES string of the molecule is C[C@@H]1Cc2ccccc2N1C(=O)CSc1ncnc2c1cnn2-c1ccccc1. The number of aromatic nitrogens is 4. The van der Waals surface area contributed by atoms with Crippen LogP contribution in [0.25, 0.3) is 16.7 Å². The molecule has 3 heterocycles. The van der Waals surface area contributed by atoms with E-state index in [0.717, 1.165) is 33.9 Å². The molecule has 1 aliphatic rings. The van der Waals surface area contributed by atoms with Gasteiger partial charge in [-0.25, -0.2) is 14.6 Å². The summed E-state index contributed by atoms with van der Waals surface area (Å²) in [5.41, 5.74) is 3.93. The molecule has 0 fully saturated rings. The molecule has 7 heteroatoms. The molecule has 0 radical (unpaired) electrons. The van der Waals surface area contributed by atoms with E-state index in [9.17, 15) is 4.79 Å². The Bertz CT molecular complexity index is 1190. The Labute approximate surface area is 172 Å². The summed E-state index contributed by atoms with van der Waals surface area (Å²) in [6.45, 7) is 2.09. The lowest BCUT2D eigenvalue weighted by Crippen LogP contribution is -2.36. The van der Waals surface area contributed by atoms with Gasteiger partial charge in [-0.3, -0.25) is 4.79 Å². The number of nitrogens with zero attached hydrogens (tertiary/aromatic N) is 5. The van der Waals surface area contributed by atoms with Crippen molar-refractivity contribution in [3.63, 3.8) is 0 Å². The minimum Gasteiger partial charge on any atom is -0.308 e. The zero-order chi connectivity index (χ0) is 19.8. The molecule has 0 saturated carbocycles. The van der Waals surface area contributed by atoms with Crippen LogP contribution in [0.2, 0.25) is 0 Å². The minimum atomic E-state index is 0.0923. The number of para-hydroxylation sites is 2. The molecule has 1 amide bonds. The molecule has 6 nitrogen and oxygen atoms in total. The number of thioether (sulfide) groups is 1. The lowest BCUT2D eigenvalue weighted by Gasteiger charge is -2.22. The van der Waals surface area contributed by atoms with Crippen molar-refractivity contribution in [2.45, 2.75) is 24.4 Å². The van der Waals surface area contributed by atoms with E-state index in [2.05, 4.69) is 28.1 Å². The predicted octanol–water partition coefficient (Wildman–Crippen LogP) is 3.89. The van der Waals surface area contributed by atoms with Crippen LogP contribution in [-0.2, 0) is 11.2 Å². The van der Waals surface area contributed by atoms with E-state index in [-0.39, 0.29) is 11.9 Å². The minimum absolute atomic E-state index is 0.0923. The number of benzene rings is 2. The Hall–Kier alpha value is -3.19. The van der Waals surface area contributed by atoms with Crippen molar-refractivity contribution >= 4 is 34.4 Å². The standard InChI is InChI=1S/C22H19N5OS/c1-15-11-16-7-5-6-10-19(16)26(15)20(28)13-29-22-18-12-25-27(21(18)23-14-24-22)17-8-3-2-4-9-17/h2-10,12,14-15H,11,13H2,1H3/t15-/m1/s1. The number of anilines is 1. The molecule has 2 aromatic heterocycles. The van der Waals surface area contributed by atoms with Gasteiger partial charge in [-0.05, 0) is 37.1 Å². The average Bonchev–Trinajstić information content (AvgIpc) is 3.33. The first-order valence-electron chi connectivity index (χ1n) is 9.49. The first-order valence-corrected chi connectivity index (χ1v) is 10.5. The molecule has 0 aliphatic carbocycles. The lowest BCUT2D eigenvalue weighted by atomic mass is 10.1. The van der Waals surface area contributed by atoms with Gasteiger partial charge in [0.15, 0.2) is 5.65 Å². The molecule has 2 aromatic carbocycles. The summed E-state index contributed by atoms with van der Waals surface area (Å²) in [6.07, 6.45) is 4.20. The highest BCUT2D eigenvalue weighted by atomic mass is 32.2. The Kier molecular flexibility index (Phi) is 4.52. The van der Waals surface area contributed by atoms with E-state index in [1.807, 2.05) is 53.4 Å². The maximum atomic E-state index is 13.0. The predicted molar refractivity (Wildman–Crippen MR) is 114 cm³/mol. The second-order valence-corrected chi connectivity index (χ2v) is 8.01. The van der Waals surface area contributed by atoms with E-state index >= 15 is 0 Å². The van der Waals surface area contributed by atoms with Crippen LogP contribution in [0.5, 0.6) is 0 Å². The van der Waals surface area contributed by atoms with Gasteiger partial charge in [0.05, 0.1) is 23.0 Å². The van der Waals surface area contributed by atoms with Gasteiger partial charge in [0.2, 0.25) is 5.91 Å². The third-order valence-electron chi connectivity index (χ3n) is 5.14. The number of carbonyl (C=O) groups is 1. The molecule has 1 aliphatic heterocycles. The Morgan fingerprint density at radius 1 is 1.10 bits per heavy atom. The van der Waals surface area contributed by atoms with Crippen molar-refractivity contribution in [3.8, 4) is 5.69 Å². The van der Waals surface area contributed by atoms with E-state index in [0.29, 0.717) is 5.75 Å². The van der Waals surface area contributed by atoms with Crippen LogP contribution in [-0.4, -0.2) is 37.5 Å². The smallest absolute Gasteiger partial charge is 0.237 e. The fourth-order valence-corrected chi connectivity index (χ4v) is 4.66. The molecule has 144 valence electrons. The maximum absolute atomic E-state index is 13.0. The van der Waals surface area contributed by atoms with Gasteiger partial charge >= 0.3 is 0 Å². The first-order chi connectivity index (χ1) is 14.2. The summed E-state index contributed by atoms with van der Waals surface area (Å²) < 4.78 is 1.79. The summed E-state index contributed by atoms with van der Waals surface area (Å²) in [6, 6.07) is 18.2. The monoisotopic (exact) mass is 401 g/mol. The number of hydrogen-bond donors (Lipinski definition) is 0. The van der Waals surface area contributed by atoms with Gasteiger partial charge < -0.3 is 4.90 Å². The van der Waals surface area contributed by atoms with Crippen LogP contribution >= 0.6 is 11.8 Å². The highest BCUT2D eigenvalue weighted by Crippen LogP contribution is 2.33. The van der Waals surface area contributed by atoms with Gasteiger partial charge in [-0.15, -0.1) is 0 Å². The molecule has 0 saturated heterocycles. The van der Waals surface area contributed by atoms with E-state index in [1.165, 1.54) is 23.7 Å². The maximum Gasteiger partial charge on any atom is 0.237 e. The number of amides is 1. The number of carbonyl (C=O) groups excluding carboxylic acids is 1. The molecule has 4 aromatic rings. The summed E-state index contributed by atoms with van der Waals surface area (Å²) in [4.78, 5) is 23.7. The highest BCUT2D eigenvalue weighted by Gasteiger charge is 2.30. The lowest BCUT2D eigenvalue weighted by molar-refractivity contribution is -0.116. The Morgan fingerprint density at radius 2 is 1.90 bits per heavy atom. The molecular weight excluding hydrogens is 382 g/mol. The zero-order valence-electron chi connectivity index (χ0n) is 15.9. The average molecular weight is 401 g/mol. The van der Waals surface area contributed by atoms with Crippen molar-refractivity contribution in [1.29, 1.82) is 0 Å². The fraction of sp³-hybridized carbons (Fsp3) is 0.182. The highest BCUT2D eigenvalue weighted by molar-refractivity contribution is 8.00. The Balaban J connectivity index is 1.39. The molecule has 0 spiro atoms. The summed E-state index contributed by atoms with van der Waals surface area (Å²) in [5.74, 6) is 0.413. The molecule has 29 heavy (non-hydrogen) atoms. The molecular formula is C22H19N5OS. The van der Waals surface area contributed by atoms with Crippen LogP contribution < -0.4 is 4.90 Å². The van der Waals surface area contributed by atoms with Gasteiger partial charge in [0.1, 0.15) is 11.4 Å². The quantitative estimate of drug-likeness (QED) is 0.383. The van der Waals surface area contributed by atoms with Crippen molar-refractivity contribution in [1.82, 2.24) is 19.7 Å². The topological polar surface area (TPSA) is 63.9 Å². The largest absolute Gasteiger partial charge is 0.308 e. The number of rotatable bonds is 4. The van der Waals surface area contributed by atoms with Crippen LogP contribution in [0.4, 0.5) is 5.69 Å². The van der Waals surface area contributed by atoms with Crippen molar-refractivity contribution in [2.24, 2.45) is 0 Å². The second-order valence-electron chi connectivity index (χ2n) is 7.04. The molecule has 1 atom stereocenters. The number of hydrogen-bond acceptors (Lipinski definition) is 5. The van der Waals surface area contributed by atoms with Gasteiger partial charge in [-0.1, -0.05) is 48.2 Å². The van der Waals surface area contributed by atoms with Gasteiger partial charge in [-0.2, -0.15) is 5.10 Å². The van der Waals surface area contributed by atoms with E-state index in [4.69, 9.17) is 0 Å². The number of fused-ring (bicyclic) bond motifs is 2. The van der Waals surface area contributed by atoms with Crippen LogP contribution in [0.3, 0.4) is 0 Å². The molecule has 0 bridgehead atoms. The molecule has 0 unspecified atom stereocenters. The van der Waals surface area contributed by atoms with Crippen molar-refractivity contribution in [3.05, 3.63) is 72.7 Å². The van der Waals surface area contributed by atoms with Gasteiger partial charge in [0.25, 0.3) is 0 Å². The van der Waals surface area contributed by atoms with Crippen LogP contribution in [0.15, 0.2) is 72.1 Å². The van der Waals surface area contributed by atoms with E-state index < -0.39 is 0 Å². The van der Waals surface area contributed by atoms with E-state index in [1.54, 1.807) is 10.9 Å². The summed E-state index contributed by atoms with van der Waals surface area (Å²) in [7, 11) is 0. The van der Waals surface area contributed by atoms with Gasteiger partial charge in [0, 0.05) is 11.7 Å². The van der Waals surface area contributed by atoms with Crippen LogP contribution in [0, 0.1) is 0 Å². The molecule has 5 rings (SSSR count). The third-order valence-corrected chi connectivity index (χ3v) is 6.13. The zero-order valence-corrected chi connectivity index (χ0v) is 16.7. The summed E-state index contributed by atoms with van der Waals surface area (Å²) in [5, 5.41) is 6.10. The molecule has 0 N–H and O–H groups in total. The summed E-state index contributed by atoms with van der Waals surface area (Å²) >= 11 is 1.43. The van der Waals surface area contributed by atoms with Crippen LogP contribution in [0.1, 0.15) is 12.5 Å². The second kappa shape index (κ2) is 7.33. The normalized spacial score (nSPS) is 15.6. The first kappa shape index (κ1) is 17.9. The van der Waals surface area contributed by atoms with Crippen molar-refractivity contribution in [2.75, 3.05) is 10.7 Å². The van der Waals surface area contributed by atoms with Crippen molar-refractivity contribution < 1.29 is 4.79 Å². The fourth-order valence-electron chi connectivity index (χ4n) is 3.84.